The van der Waals surface area contributed by atoms with E-state index < -0.39 is 0 Å². The molecule has 3 heteroatoms. The number of rotatable bonds is 6. The summed E-state index contributed by atoms with van der Waals surface area (Å²) in [5.41, 5.74) is 1.27. The van der Waals surface area contributed by atoms with E-state index in [9.17, 15) is 0 Å². The number of likely N-dealkylation sites (N-methyl/N-ethyl adjacent to an activating group) is 1. The maximum Gasteiger partial charge on any atom is 0.0502 e. The third kappa shape index (κ3) is 3.71. The predicted octanol–water partition coefficient (Wildman–Crippen LogP) is 3.72. The molecule has 1 atom stereocenters. The number of benzene rings is 1. The van der Waals surface area contributed by atoms with Crippen molar-refractivity contribution in [3.05, 3.63) is 34.9 Å². The zero-order valence-electron chi connectivity index (χ0n) is 12.1. The summed E-state index contributed by atoms with van der Waals surface area (Å²) >= 11 is 6.11. The summed E-state index contributed by atoms with van der Waals surface area (Å²) in [6, 6.07) is 8.41. The minimum Gasteiger partial charge on any atom is -0.308 e. The molecule has 1 aromatic rings. The van der Waals surface area contributed by atoms with E-state index in [-0.39, 0.29) is 11.6 Å². The van der Waals surface area contributed by atoms with Crippen molar-refractivity contribution in [3.8, 4) is 0 Å². The highest BCUT2D eigenvalue weighted by Gasteiger charge is 2.32. The maximum atomic E-state index is 6.11. The summed E-state index contributed by atoms with van der Waals surface area (Å²) in [4.78, 5) is 2.25. The van der Waals surface area contributed by atoms with Crippen molar-refractivity contribution in [2.45, 2.75) is 38.8 Å². The lowest BCUT2D eigenvalue weighted by Crippen LogP contribution is -2.49. The van der Waals surface area contributed by atoms with Gasteiger partial charge in [-0.2, -0.15) is 0 Å². The van der Waals surface area contributed by atoms with E-state index in [0.717, 1.165) is 18.0 Å². The smallest absolute Gasteiger partial charge is 0.0502 e. The first-order valence-electron chi connectivity index (χ1n) is 6.56. The third-order valence-corrected chi connectivity index (χ3v) is 3.87. The van der Waals surface area contributed by atoms with Gasteiger partial charge in [-0.1, -0.05) is 30.7 Å². The molecule has 1 N–H and O–H groups in total. The highest BCUT2D eigenvalue weighted by Crippen LogP contribution is 2.30. The van der Waals surface area contributed by atoms with E-state index in [1.54, 1.807) is 0 Å². The molecule has 0 radical (unpaired) electrons. The molecule has 0 spiro atoms. The molecule has 0 saturated heterocycles. The zero-order chi connectivity index (χ0) is 13.8. The Morgan fingerprint density at radius 2 is 2.00 bits per heavy atom. The van der Waals surface area contributed by atoms with E-state index >= 15 is 0 Å². The molecule has 0 aliphatic heterocycles. The van der Waals surface area contributed by atoms with Crippen LogP contribution in [0.25, 0.3) is 0 Å². The van der Waals surface area contributed by atoms with Crippen molar-refractivity contribution < 1.29 is 0 Å². The summed E-state index contributed by atoms with van der Waals surface area (Å²) in [7, 11) is 4.23. The summed E-state index contributed by atoms with van der Waals surface area (Å²) in [6.07, 6.45) is 1.13. The predicted molar refractivity (Wildman–Crippen MR) is 80.3 cm³/mol. The van der Waals surface area contributed by atoms with Crippen LogP contribution < -0.4 is 5.32 Å². The van der Waals surface area contributed by atoms with Crippen LogP contribution in [0.2, 0.25) is 5.02 Å². The molecule has 102 valence electrons. The molecule has 1 unspecified atom stereocenters. The number of nitrogens with zero attached hydrogens (tertiary/aromatic N) is 1. The van der Waals surface area contributed by atoms with E-state index in [0.29, 0.717) is 0 Å². The van der Waals surface area contributed by atoms with Gasteiger partial charge in [0.15, 0.2) is 0 Å². The van der Waals surface area contributed by atoms with Gasteiger partial charge in [-0.3, -0.25) is 0 Å². The monoisotopic (exact) mass is 268 g/mol. The van der Waals surface area contributed by atoms with Crippen molar-refractivity contribution >= 4 is 11.6 Å². The van der Waals surface area contributed by atoms with Gasteiger partial charge in [0.2, 0.25) is 0 Å². The average molecular weight is 269 g/mol. The number of hydrogen-bond donors (Lipinski definition) is 1. The van der Waals surface area contributed by atoms with E-state index in [4.69, 9.17) is 11.6 Å². The van der Waals surface area contributed by atoms with Crippen molar-refractivity contribution in [1.29, 1.82) is 0 Å². The molecule has 0 aromatic heterocycles. The Balaban J connectivity index is 3.05. The van der Waals surface area contributed by atoms with E-state index in [2.05, 4.69) is 57.2 Å². The van der Waals surface area contributed by atoms with Gasteiger partial charge in [-0.05, 0) is 58.6 Å². The van der Waals surface area contributed by atoms with Crippen LogP contribution >= 0.6 is 11.6 Å². The van der Waals surface area contributed by atoms with Crippen LogP contribution in [-0.4, -0.2) is 31.1 Å². The Morgan fingerprint density at radius 1 is 1.33 bits per heavy atom. The lowest BCUT2D eigenvalue weighted by Gasteiger charge is -2.41. The normalized spacial score (nSPS) is 13.9. The fraction of sp³-hybridized carbons (Fsp3) is 0.600. The molecule has 1 aromatic carbocycles. The molecule has 0 amide bonds. The fourth-order valence-corrected chi connectivity index (χ4v) is 2.21. The van der Waals surface area contributed by atoms with E-state index in [1.165, 1.54) is 5.56 Å². The Morgan fingerprint density at radius 3 is 2.50 bits per heavy atom. The minimum absolute atomic E-state index is 0.0276. The van der Waals surface area contributed by atoms with Crippen LogP contribution in [-0.2, 0) is 0 Å². The number of hydrogen-bond acceptors (Lipinski definition) is 2. The summed E-state index contributed by atoms with van der Waals surface area (Å²) in [5.74, 6) is 0. The molecule has 2 nitrogen and oxygen atoms in total. The molecule has 0 aliphatic rings. The van der Waals surface area contributed by atoms with Crippen LogP contribution in [0.15, 0.2) is 24.3 Å². The first-order chi connectivity index (χ1) is 8.39. The van der Waals surface area contributed by atoms with Gasteiger partial charge in [0.25, 0.3) is 0 Å². The molecule has 0 heterocycles. The van der Waals surface area contributed by atoms with Gasteiger partial charge >= 0.3 is 0 Å². The highest BCUT2D eigenvalue weighted by atomic mass is 35.5. The van der Waals surface area contributed by atoms with Crippen LogP contribution in [0, 0.1) is 0 Å². The summed E-state index contributed by atoms with van der Waals surface area (Å²) in [6.45, 7) is 7.70. The first kappa shape index (κ1) is 15.5. The minimum atomic E-state index is 0.0276. The molecule has 0 bridgehead atoms. The Labute approximate surface area is 116 Å². The van der Waals surface area contributed by atoms with Gasteiger partial charge in [0, 0.05) is 10.6 Å². The molecule has 18 heavy (non-hydrogen) atoms. The van der Waals surface area contributed by atoms with Crippen molar-refractivity contribution in [3.63, 3.8) is 0 Å². The fourth-order valence-electron chi connectivity index (χ4n) is 2.01. The quantitative estimate of drug-likeness (QED) is 0.846. The molecule has 1 rings (SSSR count). The number of nitrogens with one attached hydrogen (secondary N) is 1. The van der Waals surface area contributed by atoms with Crippen LogP contribution in [0.1, 0.15) is 38.8 Å². The van der Waals surface area contributed by atoms with Crippen LogP contribution in [0.5, 0.6) is 0 Å². The third-order valence-electron chi connectivity index (χ3n) is 3.64. The second-order valence-electron chi connectivity index (χ2n) is 5.49. The second kappa shape index (κ2) is 6.55. The van der Waals surface area contributed by atoms with Gasteiger partial charge < -0.3 is 10.2 Å². The van der Waals surface area contributed by atoms with Crippen LogP contribution in [0.4, 0.5) is 0 Å². The van der Waals surface area contributed by atoms with Crippen LogP contribution in [0.3, 0.4) is 0 Å². The Hall–Kier alpha value is -0.570. The van der Waals surface area contributed by atoms with Crippen molar-refractivity contribution in [2.75, 3.05) is 20.6 Å². The lowest BCUT2D eigenvalue weighted by molar-refractivity contribution is 0.138. The molecular weight excluding hydrogens is 244 g/mol. The molecule has 0 aliphatic carbocycles. The number of halogens is 1. The SMILES string of the molecule is CCCNC(c1cccc(Cl)c1)C(C)(C)N(C)C. The van der Waals surface area contributed by atoms with Gasteiger partial charge in [0.1, 0.15) is 0 Å². The average Bonchev–Trinajstić information content (AvgIpc) is 2.29. The molecule has 0 fully saturated rings. The van der Waals surface area contributed by atoms with Gasteiger partial charge in [-0.15, -0.1) is 0 Å². The Bertz CT molecular complexity index is 375. The van der Waals surface area contributed by atoms with E-state index in [1.807, 2.05) is 12.1 Å². The van der Waals surface area contributed by atoms with Gasteiger partial charge in [0.05, 0.1) is 6.04 Å². The lowest BCUT2D eigenvalue weighted by atomic mass is 9.87. The first-order valence-corrected chi connectivity index (χ1v) is 6.93. The van der Waals surface area contributed by atoms with Gasteiger partial charge in [-0.25, -0.2) is 0 Å². The molecular formula is C15H25ClN2. The largest absolute Gasteiger partial charge is 0.308 e. The van der Waals surface area contributed by atoms with Crippen molar-refractivity contribution in [2.24, 2.45) is 0 Å². The second-order valence-corrected chi connectivity index (χ2v) is 5.93. The maximum absolute atomic E-state index is 6.11. The standard InChI is InChI=1S/C15H25ClN2/c1-6-10-17-14(15(2,3)18(4)5)12-8-7-9-13(16)11-12/h7-9,11,14,17H,6,10H2,1-5H3. The highest BCUT2D eigenvalue weighted by molar-refractivity contribution is 6.30. The Kier molecular flexibility index (Phi) is 5.64. The summed E-state index contributed by atoms with van der Waals surface area (Å²) < 4.78 is 0. The topological polar surface area (TPSA) is 15.3 Å². The zero-order valence-corrected chi connectivity index (χ0v) is 12.9. The molecule has 0 saturated carbocycles. The van der Waals surface area contributed by atoms with Crippen molar-refractivity contribution in [1.82, 2.24) is 10.2 Å². The summed E-state index contributed by atoms with van der Waals surface area (Å²) in [5, 5.41) is 4.43.